The topological polar surface area (TPSA) is 61.8 Å². The van der Waals surface area contributed by atoms with Crippen LogP contribution in [0, 0.1) is 5.92 Å². The third-order valence-corrected chi connectivity index (χ3v) is 3.49. The van der Waals surface area contributed by atoms with Gasteiger partial charge >= 0.3 is 0 Å². The van der Waals surface area contributed by atoms with E-state index in [1.54, 1.807) is 0 Å². The molecule has 0 spiro atoms. The molecule has 1 aliphatic rings. The first kappa shape index (κ1) is 11.8. The lowest BCUT2D eigenvalue weighted by atomic mass is 10.1. The highest BCUT2D eigenvalue weighted by Gasteiger charge is 2.23. The van der Waals surface area contributed by atoms with Gasteiger partial charge in [0.2, 0.25) is 0 Å². The Balaban J connectivity index is 2.27. The number of nitrogens with zero attached hydrogens (tertiary/aromatic N) is 2. The summed E-state index contributed by atoms with van der Waals surface area (Å²) in [5.74, 6) is 0.941. The average molecular weight is 233 g/mol. The maximum atomic E-state index is 8.80. The number of rotatable bonds is 3. The summed E-state index contributed by atoms with van der Waals surface area (Å²) in [5.41, 5.74) is 7.58. The van der Waals surface area contributed by atoms with Gasteiger partial charge in [-0.25, -0.2) is 0 Å². The molecule has 0 radical (unpaired) electrons. The van der Waals surface area contributed by atoms with E-state index in [1.165, 1.54) is 12.8 Å². The molecule has 0 bridgehead atoms. The van der Waals surface area contributed by atoms with Crippen LogP contribution in [0.5, 0.6) is 0 Å². The first-order valence-corrected chi connectivity index (χ1v) is 6.08. The Bertz CT molecular complexity index is 417. The van der Waals surface area contributed by atoms with Crippen LogP contribution in [0.15, 0.2) is 29.4 Å². The number of amidine groups is 1. The van der Waals surface area contributed by atoms with Gasteiger partial charge in [-0.05, 0) is 24.5 Å². The Hall–Kier alpha value is -1.71. The molecule has 1 unspecified atom stereocenters. The highest BCUT2D eigenvalue weighted by atomic mass is 16.4. The second kappa shape index (κ2) is 5.08. The fraction of sp³-hybridized carbons (Fsp3) is 0.462. The summed E-state index contributed by atoms with van der Waals surface area (Å²) in [6.45, 7) is 4.34. The molecule has 1 aliphatic heterocycles. The molecule has 1 fully saturated rings. The average Bonchev–Trinajstić information content (AvgIpc) is 2.86. The van der Waals surface area contributed by atoms with Gasteiger partial charge in [-0.3, -0.25) is 0 Å². The highest BCUT2D eigenvalue weighted by molar-refractivity contribution is 6.02. The Morgan fingerprint density at radius 2 is 2.29 bits per heavy atom. The fourth-order valence-corrected chi connectivity index (χ4v) is 2.40. The molecule has 4 heteroatoms. The number of oxime groups is 1. The van der Waals surface area contributed by atoms with Crippen LogP contribution in [-0.2, 0) is 0 Å². The van der Waals surface area contributed by atoms with Gasteiger partial charge in [0.05, 0.1) is 0 Å². The quantitative estimate of drug-likeness (QED) is 0.363. The molecule has 2 rings (SSSR count). The number of hydrogen-bond acceptors (Lipinski definition) is 3. The summed E-state index contributed by atoms with van der Waals surface area (Å²) in [6, 6.07) is 7.82. The van der Waals surface area contributed by atoms with Crippen LogP contribution in [0.2, 0.25) is 0 Å². The minimum absolute atomic E-state index is 0.181. The van der Waals surface area contributed by atoms with Gasteiger partial charge in [0.1, 0.15) is 0 Å². The van der Waals surface area contributed by atoms with Crippen molar-refractivity contribution in [2.24, 2.45) is 16.8 Å². The molecule has 3 N–H and O–H groups in total. The van der Waals surface area contributed by atoms with Crippen LogP contribution in [-0.4, -0.2) is 24.1 Å². The third kappa shape index (κ3) is 2.35. The van der Waals surface area contributed by atoms with Crippen molar-refractivity contribution in [2.75, 3.05) is 18.0 Å². The monoisotopic (exact) mass is 233 g/mol. The van der Waals surface area contributed by atoms with Crippen LogP contribution in [0.3, 0.4) is 0 Å². The van der Waals surface area contributed by atoms with Crippen LogP contribution in [0.1, 0.15) is 25.3 Å². The van der Waals surface area contributed by atoms with Crippen molar-refractivity contribution in [3.8, 4) is 0 Å². The zero-order valence-electron chi connectivity index (χ0n) is 10.1. The third-order valence-electron chi connectivity index (χ3n) is 3.49. The number of anilines is 1. The molecule has 92 valence electrons. The van der Waals surface area contributed by atoms with E-state index < -0.39 is 0 Å². The van der Waals surface area contributed by atoms with E-state index in [9.17, 15) is 0 Å². The minimum atomic E-state index is 0.181. The molecule has 1 atom stereocenters. The van der Waals surface area contributed by atoms with Gasteiger partial charge in [-0.1, -0.05) is 30.6 Å². The second-order valence-corrected chi connectivity index (χ2v) is 4.51. The summed E-state index contributed by atoms with van der Waals surface area (Å²) >= 11 is 0. The van der Waals surface area contributed by atoms with Crippen molar-refractivity contribution >= 4 is 11.5 Å². The largest absolute Gasteiger partial charge is 0.409 e. The number of nitrogens with two attached hydrogens (primary N) is 1. The summed E-state index contributed by atoms with van der Waals surface area (Å²) in [4.78, 5) is 2.32. The molecule has 0 amide bonds. The van der Waals surface area contributed by atoms with E-state index in [1.807, 2.05) is 24.3 Å². The van der Waals surface area contributed by atoms with Crippen molar-refractivity contribution in [3.05, 3.63) is 29.8 Å². The number of benzene rings is 1. The van der Waals surface area contributed by atoms with E-state index in [4.69, 9.17) is 10.9 Å². The first-order valence-electron chi connectivity index (χ1n) is 6.08. The first-order chi connectivity index (χ1) is 8.26. The lowest BCUT2D eigenvalue weighted by Crippen LogP contribution is -2.24. The lowest BCUT2D eigenvalue weighted by Gasteiger charge is -2.21. The van der Waals surface area contributed by atoms with Crippen LogP contribution in [0.4, 0.5) is 5.69 Å². The molecule has 0 aromatic heterocycles. The van der Waals surface area contributed by atoms with E-state index >= 15 is 0 Å². The van der Waals surface area contributed by atoms with Gasteiger partial charge in [-0.15, -0.1) is 0 Å². The molecule has 1 saturated heterocycles. The lowest BCUT2D eigenvalue weighted by molar-refractivity contribution is 0.318. The van der Waals surface area contributed by atoms with Crippen molar-refractivity contribution in [1.29, 1.82) is 0 Å². The zero-order chi connectivity index (χ0) is 12.3. The molecule has 0 saturated carbocycles. The van der Waals surface area contributed by atoms with E-state index in [0.29, 0.717) is 0 Å². The molecule has 17 heavy (non-hydrogen) atoms. The van der Waals surface area contributed by atoms with E-state index in [-0.39, 0.29) is 5.84 Å². The van der Waals surface area contributed by atoms with Crippen molar-refractivity contribution in [3.63, 3.8) is 0 Å². The Morgan fingerprint density at radius 1 is 1.53 bits per heavy atom. The molecule has 0 aliphatic carbocycles. The molecular formula is C13H19N3O. The van der Waals surface area contributed by atoms with Gasteiger partial charge in [0, 0.05) is 24.3 Å². The summed E-state index contributed by atoms with van der Waals surface area (Å²) in [5, 5.41) is 11.9. The normalized spacial score (nSPS) is 20.9. The summed E-state index contributed by atoms with van der Waals surface area (Å²) in [7, 11) is 0. The summed E-state index contributed by atoms with van der Waals surface area (Å²) < 4.78 is 0. The summed E-state index contributed by atoms with van der Waals surface area (Å²) in [6.07, 6.45) is 2.43. The zero-order valence-corrected chi connectivity index (χ0v) is 10.1. The number of para-hydroxylation sites is 1. The van der Waals surface area contributed by atoms with Gasteiger partial charge in [0.25, 0.3) is 0 Å². The second-order valence-electron chi connectivity index (χ2n) is 4.51. The van der Waals surface area contributed by atoms with Gasteiger partial charge < -0.3 is 15.8 Å². The Kier molecular flexibility index (Phi) is 3.52. The van der Waals surface area contributed by atoms with Crippen molar-refractivity contribution < 1.29 is 5.21 Å². The molecule has 1 heterocycles. The maximum Gasteiger partial charge on any atom is 0.172 e. The van der Waals surface area contributed by atoms with Crippen LogP contribution in [0.25, 0.3) is 0 Å². The maximum absolute atomic E-state index is 8.80. The number of hydrogen-bond donors (Lipinski definition) is 2. The molecule has 4 nitrogen and oxygen atoms in total. The smallest absolute Gasteiger partial charge is 0.172 e. The molecule has 1 aromatic rings. The molecular weight excluding hydrogens is 214 g/mol. The minimum Gasteiger partial charge on any atom is -0.409 e. The van der Waals surface area contributed by atoms with E-state index in [0.717, 1.165) is 30.3 Å². The van der Waals surface area contributed by atoms with Crippen molar-refractivity contribution in [2.45, 2.75) is 19.8 Å². The fourth-order valence-electron chi connectivity index (χ4n) is 2.40. The van der Waals surface area contributed by atoms with Crippen LogP contribution >= 0.6 is 0 Å². The molecule has 1 aromatic carbocycles. The highest BCUT2D eigenvalue weighted by Crippen LogP contribution is 2.28. The van der Waals surface area contributed by atoms with E-state index in [2.05, 4.69) is 17.0 Å². The predicted molar refractivity (Wildman–Crippen MR) is 69.6 cm³/mol. The Morgan fingerprint density at radius 3 is 2.94 bits per heavy atom. The standard InChI is InChI=1S/C13H19N3O/c1-2-10-7-8-16(9-10)12-6-4-3-5-11(12)13(14)15-17/h3-6,10,17H,2,7-9H2,1H3,(H2,14,15). The van der Waals surface area contributed by atoms with Gasteiger partial charge in [-0.2, -0.15) is 0 Å². The SMILES string of the molecule is CCC1CCN(c2ccccc2/C(N)=N/O)C1. The Labute approximate surface area is 102 Å². The van der Waals surface area contributed by atoms with Gasteiger partial charge in [0.15, 0.2) is 5.84 Å². The van der Waals surface area contributed by atoms with Crippen LogP contribution < -0.4 is 10.6 Å². The predicted octanol–water partition coefficient (Wildman–Crippen LogP) is 2.02. The van der Waals surface area contributed by atoms with Crippen molar-refractivity contribution in [1.82, 2.24) is 0 Å².